The summed E-state index contributed by atoms with van der Waals surface area (Å²) in [4.78, 5) is 16.7. The van der Waals surface area contributed by atoms with Crippen molar-refractivity contribution in [3.05, 3.63) is 35.5 Å². The van der Waals surface area contributed by atoms with Gasteiger partial charge in [-0.25, -0.2) is 0 Å². The van der Waals surface area contributed by atoms with E-state index in [2.05, 4.69) is 22.5 Å². The molecule has 0 aliphatic carbocycles. The van der Waals surface area contributed by atoms with Gasteiger partial charge < -0.3 is 10.6 Å². The summed E-state index contributed by atoms with van der Waals surface area (Å²) < 4.78 is 0. The van der Waals surface area contributed by atoms with E-state index in [1.54, 1.807) is 12.3 Å². The maximum Gasteiger partial charge on any atom is 0.229 e. The highest BCUT2D eigenvalue weighted by Crippen LogP contribution is 2.27. The first-order valence-corrected chi connectivity index (χ1v) is 7.09. The third-order valence-corrected chi connectivity index (χ3v) is 4.00. The van der Waals surface area contributed by atoms with E-state index in [9.17, 15) is 4.79 Å². The number of fused-ring (bicyclic) bond motifs is 1. The molecule has 1 fully saturated rings. The highest BCUT2D eigenvalue weighted by Gasteiger charge is 2.29. The number of hydrogen-bond acceptors (Lipinski definition) is 3. The quantitative estimate of drug-likeness (QED) is 0.894. The third-order valence-electron chi connectivity index (χ3n) is 3.78. The second kappa shape index (κ2) is 5.38. The van der Waals surface area contributed by atoms with Crippen molar-refractivity contribution < 1.29 is 4.79 Å². The van der Waals surface area contributed by atoms with Gasteiger partial charge in [0.05, 0.1) is 17.1 Å². The topological polar surface area (TPSA) is 54.0 Å². The molecule has 2 atom stereocenters. The number of carbonyl (C=O) groups is 1. The Hall–Kier alpha value is -1.65. The third kappa shape index (κ3) is 2.49. The molecule has 2 unspecified atom stereocenters. The van der Waals surface area contributed by atoms with Crippen LogP contribution < -0.4 is 10.6 Å². The average Bonchev–Trinajstić information content (AvgIpc) is 2.85. The molecule has 2 N–H and O–H groups in total. The Morgan fingerprint density at radius 2 is 2.30 bits per heavy atom. The zero-order valence-corrected chi connectivity index (χ0v) is 11.9. The summed E-state index contributed by atoms with van der Waals surface area (Å²) >= 11 is 6.10. The Labute approximate surface area is 122 Å². The van der Waals surface area contributed by atoms with Gasteiger partial charge in [-0.15, -0.1) is 0 Å². The van der Waals surface area contributed by atoms with Gasteiger partial charge in [0.2, 0.25) is 5.91 Å². The molecule has 2 aromatic rings. The van der Waals surface area contributed by atoms with E-state index in [4.69, 9.17) is 11.6 Å². The molecule has 1 aromatic carbocycles. The highest BCUT2D eigenvalue weighted by atomic mass is 35.5. The molecule has 0 bridgehead atoms. The minimum Gasteiger partial charge on any atom is -0.324 e. The lowest BCUT2D eigenvalue weighted by Crippen LogP contribution is -2.28. The first kappa shape index (κ1) is 13.3. The first-order valence-electron chi connectivity index (χ1n) is 6.71. The van der Waals surface area contributed by atoms with E-state index in [-0.39, 0.29) is 11.8 Å². The molecule has 1 saturated heterocycles. The SMILES string of the molecule is CC1CNCC1C(=O)Nc1cc(Cl)cc2cccnc12. The average molecular weight is 290 g/mol. The second-order valence-corrected chi connectivity index (χ2v) is 5.70. The van der Waals surface area contributed by atoms with Crippen molar-refractivity contribution in [1.29, 1.82) is 0 Å². The zero-order chi connectivity index (χ0) is 14.1. The molecule has 2 heterocycles. The van der Waals surface area contributed by atoms with Crippen LogP contribution in [-0.4, -0.2) is 24.0 Å². The monoisotopic (exact) mass is 289 g/mol. The van der Waals surface area contributed by atoms with E-state index < -0.39 is 0 Å². The molecular formula is C15H16ClN3O. The van der Waals surface area contributed by atoms with Crippen LogP contribution in [0, 0.1) is 11.8 Å². The van der Waals surface area contributed by atoms with E-state index in [0.29, 0.717) is 16.6 Å². The number of halogens is 1. The zero-order valence-electron chi connectivity index (χ0n) is 11.2. The fourth-order valence-electron chi connectivity index (χ4n) is 2.64. The Bertz CT molecular complexity index is 659. The van der Waals surface area contributed by atoms with Crippen molar-refractivity contribution in [3.8, 4) is 0 Å². The van der Waals surface area contributed by atoms with Crippen LogP contribution in [0.3, 0.4) is 0 Å². The van der Waals surface area contributed by atoms with Crippen LogP contribution >= 0.6 is 11.6 Å². The Morgan fingerprint density at radius 1 is 1.45 bits per heavy atom. The van der Waals surface area contributed by atoms with E-state index in [0.717, 1.165) is 24.0 Å². The number of rotatable bonds is 2. The Balaban J connectivity index is 1.92. The fourth-order valence-corrected chi connectivity index (χ4v) is 2.86. The van der Waals surface area contributed by atoms with Crippen LogP contribution in [0.4, 0.5) is 5.69 Å². The molecule has 1 aliphatic heterocycles. The predicted octanol–water partition coefficient (Wildman–Crippen LogP) is 2.68. The number of hydrogen-bond donors (Lipinski definition) is 2. The van der Waals surface area contributed by atoms with Gasteiger partial charge in [-0.2, -0.15) is 0 Å². The largest absolute Gasteiger partial charge is 0.324 e. The normalized spacial score (nSPS) is 22.1. The van der Waals surface area contributed by atoms with Crippen molar-refractivity contribution in [3.63, 3.8) is 0 Å². The molecule has 5 heteroatoms. The second-order valence-electron chi connectivity index (χ2n) is 5.26. The maximum atomic E-state index is 12.4. The van der Waals surface area contributed by atoms with Crippen LogP contribution in [0.15, 0.2) is 30.5 Å². The lowest BCUT2D eigenvalue weighted by Gasteiger charge is -2.15. The minimum absolute atomic E-state index is 0.00672. The standard InChI is InChI=1S/C15H16ClN3O/c1-9-7-17-8-12(9)15(20)19-13-6-11(16)5-10-3-2-4-18-14(10)13/h2-6,9,12,17H,7-8H2,1H3,(H,19,20). The molecule has 0 spiro atoms. The number of nitrogens with zero attached hydrogens (tertiary/aromatic N) is 1. The lowest BCUT2D eigenvalue weighted by molar-refractivity contribution is -0.120. The molecule has 3 rings (SSSR count). The van der Waals surface area contributed by atoms with E-state index >= 15 is 0 Å². The van der Waals surface area contributed by atoms with Crippen molar-refractivity contribution in [1.82, 2.24) is 10.3 Å². The Kier molecular flexibility index (Phi) is 3.59. The molecule has 0 saturated carbocycles. The van der Waals surface area contributed by atoms with Crippen molar-refractivity contribution in [2.24, 2.45) is 11.8 Å². The number of anilines is 1. The number of aromatic nitrogens is 1. The van der Waals surface area contributed by atoms with Crippen LogP contribution in [0.25, 0.3) is 10.9 Å². The summed E-state index contributed by atoms with van der Waals surface area (Å²) in [5, 5.41) is 7.73. The van der Waals surface area contributed by atoms with Gasteiger partial charge in [-0.05, 0) is 30.7 Å². The summed E-state index contributed by atoms with van der Waals surface area (Å²) in [7, 11) is 0. The smallest absolute Gasteiger partial charge is 0.229 e. The van der Waals surface area contributed by atoms with Gasteiger partial charge >= 0.3 is 0 Å². The molecule has 0 radical (unpaired) electrons. The van der Waals surface area contributed by atoms with Crippen LogP contribution in [0.5, 0.6) is 0 Å². The molecular weight excluding hydrogens is 274 g/mol. The lowest BCUT2D eigenvalue weighted by atomic mass is 9.97. The number of amides is 1. The van der Waals surface area contributed by atoms with Crippen molar-refractivity contribution in [2.75, 3.05) is 18.4 Å². The van der Waals surface area contributed by atoms with Gasteiger partial charge in [0, 0.05) is 23.2 Å². The van der Waals surface area contributed by atoms with E-state index in [1.165, 1.54) is 0 Å². The van der Waals surface area contributed by atoms with Crippen LogP contribution in [-0.2, 0) is 4.79 Å². The number of benzene rings is 1. The summed E-state index contributed by atoms with van der Waals surface area (Å²) in [6.45, 7) is 3.68. The Morgan fingerprint density at radius 3 is 3.05 bits per heavy atom. The number of nitrogens with one attached hydrogen (secondary N) is 2. The predicted molar refractivity (Wildman–Crippen MR) is 80.9 cm³/mol. The van der Waals surface area contributed by atoms with Gasteiger partial charge in [-0.1, -0.05) is 24.6 Å². The van der Waals surface area contributed by atoms with Crippen LogP contribution in [0.1, 0.15) is 6.92 Å². The van der Waals surface area contributed by atoms with Gasteiger partial charge in [-0.3, -0.25) is 9.78 Å². The molecule has 4 nitrogen and oxygen atoms in total. The molecule has 20 heavy (non-hydrogen) atoms. The summed E-state index contributed by atoms with van der Waals surface area (Å²) in [6, 6.07) is 7.39. The minimum atomic E-state index is -0.00672. The molecule has 1 aliphatic rings. The maximum absolute atomic E-state index is 12.4. The number of pyridine rings is 1. The summed E-state index contributed by atoms with van der Waals surface area (Å²) in [6.07, 6.45) is 1.71. The molecule has 104 valence electrons. The van der Waals surface area contributed by atoms with E-state index in [1.807, 2.05) is 18.2 Å². The molecule has 1 amide bonds. The highest BCUT2D eigenvalue weighted by molar-refractivity contribution is 6.32. The fraction of sp³-hybridized carbons (Fsp3) is 0.333. The summed E-state index contributed by atoms with van der Waals surface area (Å²) in [5.41, 5.74) is 1.45. The van der Waals surface area contributed by atoms with Crippen molar-refractivity contribution >= 4 is 34.1 Å². The van der Waals surface area contributed by atoms with Crippen LogP contribution in [0.2, 0.25) is 5.02 Å². The van der Waals surface area contributed by atoms with Crippen molar-refractivity contribution in [2.45, 2.75) is 6.92 Å². The number of carbonyl (C=O) groups excluding carboxylic acids is 1. The first-order chi connectivity index (χ1) is 9.65. The van der Waals surface area contributed by atoms with Gasteiger partial charge in [0.1, 0.15) is 0 Å². The summed E-state index contributed by atoms with van der Waals surface area (Å²) in [5.74, 6) is 0.359. The van der Waals surface area contributed by atoms with Gasteiger partial charge in [0.25, 0.3) is 0 Å². The van der Waals surface area contributed by atoms with Gasteiger partial charge in [0.15, 0.2) is 0 Å². The molecule has 1 aromatic heterocycles.